The number of benzene rings is 2. The molecule has 4 atom stereocenters. The third kappa shape index (κ3) is 14.8. The molecular weight excluding hydrogens is 957 g/mol. The lowest BCUT2D eigenvalue weighted by Gasteiger charge is -2.37. The van der Waals surface area contributed by atoms with Crippen molar-refractivity contribution in [1.29, 1.82) is 0 Å². The number of rotatable bonds is 20. The van der Waals surface area contributed by atoms with Crippen molar-refractivity contribution in [2.75, 3.05) is 46.1 Å². The summed E-state index contributed by atoms with van der Waals surface area (Å²) < 4.78 is 63.6. The Balaban J connectivity index is 0.819. The van der Waals surface area contributed by atoms with E-state index in [-0.39, 0.29) is 22.3 Å². The summed E-state index contributed by atoms with van der Waals surface area (Å²) >= 11 is -1.37. The number of aliphatic carboxylic acids is 1. The molecule has 7 rings (SSSR count). The smallest absolute Gasteiger partial charge is 0.322 e. The number of sulfonamides is 1. The largest absolute Gasteiger partial charge is 0.593 e. The van der Waals surface area contributed by atoms with Crippen LogP contribution in [0.25, 0.3) is 0 Å². The van der Waals surface area contributed by atoms with Gasteiger partial charge in [0.25, 0.3) is 21.8 Å². The highest BCUT2D eigenvalue weighted by Crippen LogP contribution is 2.47. The first-order valence-electron chi connectivity index (χ1n) is 25.1. The van der Waals surface area contributed by atoms with Crippen molar-refractivity contribution in [1.82, 2.24) is 24.1 Å². The van der Waals surface area contributed by atoms with Gasteiger partial charge in [-0.15, -0.1) is 4.31 Å². The topological polar surface area (TPSA) is 214 Å². The van der Waals surface area contributed by atoms with E-state index >= 15 is 0 Å². The highest BCUT2D eigenvalue weighted by Gasteiger charge is 2.39. The normalized spacial score (nSPS) is 21.9. The van der Waals surface area contributed by atoms with Gasteiger partial charge >= 0.3 is 5.97 Å². The number of carbonyl (C=O) groups excluding carboxylic acids is 2. The van der Waals surface area contributed by atoms with Crippen molar-refractivity contribution >= 4 is 45.1 Å². The molecule has 3 heterocycles. The fraction of sp³-hybridized carbons (Fsp3) is 0.500. The Hall–Kier alpha value is -5.53. The molecular formula is C54H70N6O10S2. The van der Waals surface area contributed by atoms with Gasteiger partial charge in [0.05, 0.1) is 36.3 Å². The van der Waals surface area contributed by atoms with Crippen molar-refractivity contribution in [2.24, 2.45) is 29.3 Å². The number of carboxylic acid groups (broad SMARTS) is 1. The fourth-order valence-corrected chi connectivity index (χ4v) is 12.8. The molecule has 18 heteroatoms. The molecule has 3 N–H and O–H groups in total. The van der Waals surface area contributed by atoms with E-state index < -0.39 is 45.7 Å². The van der Waals surface area contributed by atoms with Gasteiger partial charge in [-0.2, -0.15) is 5.10 Å². The van der Waals surface area contributed by atoms with Crippen LogP contribution < -0.4 is 14.8 Å². The second-order valence-electron chi connectivity index (χ2n) is 19.9. The van der Waals surface area contributed by atoms with E-state index in [9.17, 15) is 27.4 Å². The zero-order valence-corrected chi connectivity index (χ0v) is 43.8. The number of hydrogen-bond acceptors (Lipinski definition) is 12. The van der Waals surface area contributed by atoms with Gasteiger partial charge < -0.3 is 29.2 Å². The number of ether oxygens (including phenoxy) is 3. The maximum atomic E-state index is 14.1. The van der Waals surface area contributed by atoms with Crippen LogP contribution in [-0.2, 0) is 47.5 Å². The van der Waals surface area contributed by atoms with Crippen molar-refractivity contribution in [3.05, 3.63) is 119 Å². The lowest BCUT2D eigenvalue weighted by atomic mass is 9.68. The molecule has 2 aliphatic heterocycles. The molecule has 2 aliphatic carbocycles. The SMILES string of the molecule is Cc1nn(C)cc1S(=O)(=O)NC(=O)C1=C/C=C(/CCC2C=CC(OCCOCCOc3ccc(C4CCN([S+]([O-])c5ccc(C(=O)NCC(=O)O)cc5)CC4)cc3)=N2)CCC=C1C1CCC[C@@H](C)CC1(C)C. The summed E-state index contributed by atoms with van der Waals surface area (Å²) in [5.74, 6) is 0.0974. The maximum Gasteiger partial charge on any atom is 0.322 e. The van der Waals surface area contributed by atoms with Crippen molar-refractivity contribution in [3.63, 3.8) is 0 Å². The Labute approximate surface area is 427 Å². The number of allylic oxidation sites excluding steroid dienone is 4. The van der Waals surface area contributed by atoms with Gasteiger partial charge in [0, 0.05) is 37.5 Å². The molecule has 1 saturated heterocycles. The van der Waals surface area contributed by atoms with E-state index in [1.165, 1.54) is 22.0 Å². The third-order valence-corrected chi connectivity index (χ3v) is 16.9. The van der Waals surface area contributed by atoms with Crippen LogP contribution in [0.5, 0.6) is 5.75 Å². The van der Waals surface area contributed by atoms with Gasteiger partial charge in [0.1, 0.15) is 30.4 Å². The van der Waals surface area contributed by atoms with Crippen LogP contribution in [0.15, 0.2) is 117 Å². The number of piperidine rings is 1. The fourth-order valence-electron chi connectivity index (χ4n) is 10.4. The maximum absolute atomic E-state index is 14.1. The number of aliphatic imine (C=N–C) groups is 1. The highest BCUT2D eigenvalue weighted by atomic mass is 32.2. The Morgan fingerprint density at radius 3 is 2.36 bits per heavy atom. The van der Waals surface area contributed by atoms with E-state index in [4.69, 9.17) is 24.3 Å². The molecule has 3 unspecified atom stereocenters. The van der Waals surface area contributed by atoms with Gasteiger partial charge in [0.2, 0.25) is 5.90 Å². The molecule has 72 heavy (non-hydrogen) atoms. The van der Waals surface area contributed by atoms with E-state index in [0.29, 0.717) is 79.0 Å². The Bertz CT molecular complexity index is 2650. The van der Waals surface area contributed by atoms with Crippen LogP contribution >= 0.6 is 0 Å². The number of carboxylic acids is 1. The number of nitrogens with one attached hydrogen (secondary N) is 2. The number of nitrogens with zero attached hydrogens (tertiary/aromatic N) is 4. The van der Waals surface area contributed by atoms with E-state index in [1.807, 2.05) is 40.7 Å². The lowest BCUT2D eigenvalue weighted by Crippen LogP contribution is -2.37. The van der Waals surface area contributed by atoms with Crippen LogP contribution in [0.4, 0.5) is 0 Å². The zero-order valence-electron chi connectivity index (χ0n) is 42.1. The zero-order chi connectivity index (χ0) is 51.4. The van der Waals surface area contributed by atoms with Gasteiger partial charge in [-0.3, -0.25) is 19.1 Å². The summed E-state index contributed by atoms with van der Waals surface area (Å²) in [5, 5.41) is 15.3. The summed E-state index contributed by atoms with van der Waals surface area (Å²) in [6.07, 6.45) is 20.3. The molecule has 0 bridgehead atoms. The van der Waals surface area contributed by atoms with Crippen LogP contribution in [-0.4, -0.2) is 108 Å². The lowest BCUT2D eigenvalue weighted by molar-refractivity contribution is -0.135. The van der Waals surface area contributed by atoms with Crippen LogP contribution in [0, 0.1) is 24.2 Å². The van der Waals surface area contributed by atoms with Gasteiger partial charge in [-0.25, -0.2) is 18.1 Å². The number of aryl methyl sites for hydroxylation is 2. The molecule has 3 aromatic rings. The number of carbonyl (C=O) groups is 3. The summed E-state index contributed by atoms with van der Waals surface area (Å²) in [6, 6.07) is 14.4. The highest BCUT2D eigenvalue weighted by molar-refractivity contribution is 7.90. The van der Waals surface area contributed by atoms with E-state index in [0.717, 1.165) is 75.5 Å². The average Bonchev–Trinajstić information content (AvgIpc) is 3.92. The minimum atomic E-state index is -4.16. The molecule has 388 valence electrons. The molecule has 1 aromatic heterocycles. The summed E-state index contributed by atoms with van der Waals surface area (Å²) in [4.78, 5) is 42.3. The number of hydrogen-bond donors (Lipinski definition) is 3. The Morgan fingerprint density at radius 2 is 1.67 bits per heavy atom. The first-order valence-corrected chi connectivity index (χ1v) is 27.7. The van der Waals surface area contributed by atoms with Crippen molar-refractivity contribution in [2.45, 2.75) is 114 Å². The molecule has 2 amide bonds. The number of aromatic nitrogens is 2. The molecule has 0 radical (unpaired) electrons. The Kier molecular flexibility index (Phi) is 18.8. The summed E-state index contributed by atoms with van der Waals surface area (Å²) in [6.45, 7) is 10.8. The summed E-state index contributed by atoms with van der Waals surface area (Å²) in [5.41, 5.74) is 4.28. The number of amides is 2. The predicted molar refractivity (Wildman–Crippen MR) is 276 cm³/mol. The molecule has 2 fully saturated rings. The van der Waals surface area contributed by atoms with Crippen molar-refractivity contribution < 1.29 is 46.7 Å². The second kappa shape index (κ2) is 24.9. The minimum absolute atomic E-state index is 0.0124. The average molecular weight is 1030 g/mol. The van der Waals surface area contributed by atoms with Crippen LogP contribution in [0.3, 0.4) is 0 Å². The quantitative estimate of drug-likeness (QED) is 0.0560. The molecule has 16 nitrogen and oxygen atoms in total. The monoisotopic (exact) mass is 1030 g/mol. The van der Waals surface area contributed by atoms with E-state index in [1.54, 1.807) is 38.2 Å². The van der Waals surface area contributed by atoms with Crippen molar-refractivity contribution in [3.8, 4) is 5.75 Å². The molecule has 2 aromatic carbocycles. The first-order chi connectivity index (χ1) is 34.5. The van der Waals surface area contributed by atoms with Crippen LogP contribution in [0.2, 0.25) is 0 Å². The Morgan fingerprint density at radius 1 is 0.944 bits per heavy atom. The molecule has 0 spiro atoms. The molecule has 1 saturated carbocycles. The standard InChI is InChI=1S/C54H70N6O10S2/c1-37-8-6-11-48(54(3,4)34-37)46-10-7-9-39(13-24-47(46)53(64)58-72(66,67)49-36-59(5)57-38(49)2)12-18-43-19-25-50(56-43)70-33-31-68-30-32-69-44-20-14-40(15-21-44)41-26-28-60(29-27-41)71(65)45-22-16-42(17-23-45)52(63)55-35-51(61)62/h10,13-17,19-25,36-37,41,43,48H,6-9,11-12,18,26-35H2,1-5H3,(H,55,63)(H,58,64)(H,61,62)/b39-13+,46-10?,47-24?/t37-,43?,48?,71?/m1/s1. The van der Waals surface area contributed by atoms with E-state index in [2.05, 4.69) is 54.1 Å². The predicted octanol–water partition coefficient (Wildman–Crippen LogP) is 7.90. The third-order valence-electron chi connectivity index (χ3n) is 14.0. The second-order valence-corrected chi connectivity index (χ2v) is 23.1. The summed E-state index contributed by atoms with van der Waals surface area (Å²) in [7, 11) is -2.50. The van der Waals surface area contributed by atoms with Gasteiger partial charge in [-0.05, 0) is 141 Å². The van der Waals surface area contributed by atoms with Gasteiger partial charge in [0.15, 0.2) is 4.90 Å². The first kappa shape index (κ1) is 54.2. The van der Waals surface area contributed by atoms with Gasteiger partial charge in [-0.1, -0.05) is 69.5 Å². The minimum Gasteiger partial charge on any atom is -0.593 e. The molecule has 4 aliphatic rings. The van der Waals surface area contributed by atoms with Crippen LogP contribution in [0.1, 0.15) is 113 Å².